The van der Waals surface area contributed by atoms with E-state index < -0.39 is 0 Å². The third-order valence-electron chi connectivity index (χ3n) is 7.02. The Hall–Kier alpha value is -0.520. The van der Waals surface area contributed by atoms with Gasteiger partial charge in [0.25, 0.3) is 0 Å². The molecule has 0 amide bonds. The lowest BCUT2D eigenvalue weighted by Crippen LogP contribution is -1.83. The van der Waals surface area contributed by atoms with Gasteiger partial charge in [0, 0.05) is 0 Å². The fraction of sp³-hybridized carbons (Fsp3) is 0.879. The highest BCUT2D eigenvalue weighted by molar-refractivity contribution is 4.82. The van der Waals surface area contributed by atoms with Crippen LogP contribution in [-0.2, 0) is 0 Å². The Labute approximate surface area is 211 Å². The maximum Gasteiger partial charge on any atom is -0.0351 e. The molecule has 0 fully saturated rings. The molecule has 0 aromatic rings. The Balaban J connectivity index is 3.09. The van der Waals surface area contributed by atoms with Gasteiger partial charge in [-0.15, -0.1) is 0 Å². The van der Waals surface area contributed by atoms with E-state index in [4.69, 9.17) is 0 Å². The van der Waals surface area contributed by atoms with Crippen molar-refractivity contribution in [2.45, 2.75) is 187 Å². The minimum Gasteiger partial charge on any atom is -0.0885 e. The highest BCUT2D eigenvalue weighted by Crippen LogP contribution is 2.14. The van der Waals surface area contributed by atoms with E-state index in [0.717, 1.165) is 0 Å². The summed E-state index contributed by atoms with van der Waals surface area (Å²) >= 11 is 0. The Kier molecular flexibility index (Phi) is 31.0. The van der Waals surface area contributed by atoms with Gasteiger partial charge < -0.3 is 0 Å². The van der Waals surface area contributed by atoms with Crippen LogP contribution in [0, 0.1) is 0 Å². The third-order valence-corrected chi connectivity index (χ3v) is 7.02. The summed E-state index contributed by atoms with van der Waals surface area (Å²) in [6.45, 7) is 4.59. The Bertz CT molecular complexity index is 377. The molecule has 0 saturated carbocycles. The molecule has 0 spiro atoms. The molecule has 0 aromatic heterocycles. The zero-order valence-corrected chi connectivity index (χ0v) is 23.4. The number of rotatable bonds is 28. The SMILES string of the molecule is CCCCCCC/C=C/CCCCCCCCCCCCCC/C=C/CCCCCCCC. The largest absolute Gasteiger partial charge is 0.0885 e. The lowest BCUT2D eigenvalue weighted by atomic mass is 10.0. The monoisotopic (exact) mass is 461 g/mol. The van der Waals surface area contributed by atoms with Crippen LogP contribution in [0.25, 0.3) is 0 Å². The summed E-state index contributed by atoms with van der Waals surface area (Å²) in [6.07, 6.45) is 47.9. The van der Waals surface area contributed by atoms with Crippen molar-refractivity contribution in [3.63, 3.8) is 0 Å². The molecule has 0 aliphatic carbocycles. The van der Waals surface area contributed by atoms with Gasteiger partial charge in [-0.3, -0.25) is 0 Å². The molecule has 0 radical (unpaired) electrons. The van der Waals surface area contributed by atoms with E-state index in [0.29, 0.717) is 0 Å². The minimum absolute atomic E-state index is 1.31. The van der Waals surface area contributed by atoms with Crippen LogP contribution in [0.1, 0.15) is 187 Å². The van der Waals surface area contributed by atoms with Crippen molar-refractivity contribution in [1.82, 2.24) is 0 Å². The van der Waals surface area contributed by atoms with Gasteiger partial charge in [0.15, 0.2) is 0 Å². The molecule has 196 valence electrons. The van der Waals surface area contributed by atoms with Crippen molar-refractivity contribution in [2.75, 3.05) is 0 Å². The van der Waals surface area contributed by atoms with Crippen LogP contribution < -0.4 is 0 Å². The van der Waals surface area contributed by atoms with Crippen LogP contribution in [0.4, 0.5) is 0 Å². The lowest BCUT2D eigenvalue weighted by Gasteiger charge is -2.02. The van der Waals surface area contributed by atoms with Gasteiger partial charge in [-0.2, -0.15) is 0 Å². The quantitative estimate of drug-likeness (QED) is 0.0804. The third kappa shape index (κ3) is 31.5. The molecule has 0 aromatic carbocycles. The first-order valence-electron chi connectivity index (χ1n) is 15.7. The summed E-state index contributed by atoms with van der Waals surface area (Å²) < 4.78 is 0. The fourth-order valence-corrected chi connectivity index (χ4v) is 4.67. The Morgan fingerprint density at radius 1 is 0.242 bits per heavy atom. The van der Waals surface area contributed by atoms with Crippen molar-refractivity contribution in [2.24, 2.45) is 0 Å². The Morgan fingerprint density at radius 3 is 0.636 bits per heavy atom. The number of unbranched alkanes of at least 4 members (excludes halogenated alkanes) is 24. The summed E-state index contributed by atoms with van der Waals surface area (Å²) in [4.78, 5) is 0. The zero-order valence-electron chi connectivity index (χ0n) is 23.4. The second-order valence-corrected chi connectivity index (χ2v) is 10.5. The second kappa shape index (κ2) is 31.5. The average molecular weight is 461 g/mol. The van der Waals surface area contributed by atoms with Crippen molar-refractivity contribution in [1.29, 1.82) is 0 Å². The van der Waals surface area contributed by atoms with Gasteiger partial charge in [0.05, 0.1) is 0 Å². The van der Waals surface area contributed by atoms with E-state index in [-0.39, 0.29) is 0 Å². The predicted octanol–water partition coefficient (Wildman–Crippen LogP) is 12.7. The fourth-order valence-electron chi connectivity index (χ4n) is 4.67. The molecular formula is C33H64. The molecule has 0 rings (SSSR count). The smallest absolute Gasteiger partial charge is 0.0351 e. The van der Waals surface area contributed by atoms with Crippen LogP contribution in [0.2, 0.25) is 0 Å². The Morgan fingerprint density at radius 2 is 0.424 bits per heavy atom. The highest BCUT2D eigenvalue weighted by atomic mass is 14.0. The molecule has 0 nitrogen and oxygen atoms in total. The molecule has 0 heterocycles. The van der Waals surface area contributed by atoms with E-state index in [1.54, 1.807) is 0 Å². The summed E-state index contributed by atoms with van der Waals surface area (Å²) in [7, 11) is 0. The van der Waals surface area contributed by atoms with Crippen molar-refractivity contribution in [3.8, 4) is 0 Å². The molecule has 0 heteroatoms. The molecule has 0 atom stereocenters. The van der Waals surface area contributed by atoms with E-state index in [1.165, 1.54) is 173 Å². The van der Waals surface area contributed by atoms with Crippen LogP contribution in [0.5, 0.6) is 0 Å². The van der Waals surface area contributed by atoms with Crippen molar-refractivity contribution in [3.05, 3.63) is 24.3 Å². The summed E-state index contributed by atoms with van der Waals surface area (Å²) in [5.41, 5.74) is 0. The molecular weight excluding hydrogens is 396 g/mol. The van der Waals surface area contributed by atoms with Crippen LogP contribution in [0.15, 0.2) is 24.3 Å². The summed E-state index contributed by atoms with van der Waals surface area (Å²) in [5.74, 6) is 0. The van der Waals surface area contributed by atoms with E-state index in [1.807, 2.05) is 0 Å². The molecule has 0 saturated heterocycles. The maximum atomic E-state index is 2.44. The average Bonchev–Trinajstić information content (AvgIpc) is 2.83. The first-order chi connectivity index (χ1) is 16.4. The topological polar surface area (TPSA) is 0 Å². The lowest BCUT2D eigenvalue weighted by molar-refractivity contribution is 0.542. The van der Waals surface area contributed by atoms with Gasteiger partial charge in [-0.05, 0) is 51.4 Å². The standard InChI is InChI=1S/C33H64/c1-3-5-7-9-11-13-15-17-19-21-23-25-27-29-31-33-32-30-28-26-24-22-20-18-16-14-12-10-8-6-4-2/h15,17-18,20H,3-14,16,19,21-33H2,1-2H3/b17-15+,20-18+. The second-order valence-electron chi connectivity index (χ2n) is 10.5. The van der Waals surface area contributed by atoms with E-state index in [9.17, 15) is 0 Å². The summed E-state index contributed by atoms with van der Waals surface area (Å²) in [5, 5.41) is 0. The highest BCUT2D eigenvalue weighted by Gasteiger charge is 1.94. The number of hydrogen-bond donors (Lipinski definition) is 0. The van der Waals surface area contributed by atoms with E-state index in [2.05, 4.69) is 38.2 Å². The molecule has 0 aliphatic rings. The van der Waals surface area contributed by atoms with Crippen LogP contribution in [-0.4, -0.2) is 0 Å². The van der Waals surface area contributed by atoms with Crippen LogP contribution >= 0.6 is 0 Å². The van der Waals surface area contributed by atoms with Crippen molar-refractivity contribution >= 4 is 0 Å². The number of allylic oxidation sites excluding steroid dienone is 4. The predicted molar refractivity (Wildman–Crippen MR) is 154 cm³/mol. The molecule has 0 N–H and O–H groups in total. The maximum absolute atomic E-state index is 2.44. The van der Waals surface area contributed by atoms with Gasteiger partial charge in [0.1, 0.15) is 0 Å². The molecule has 0 unspecified atom stereocenters. The number of hydrogen-bond acceptors (Lipinski definition) is 0. The molecule has 33 heavy (non-hydrogen) atoms. The molecule has 0 aliphatic heterocycles. The van der Waals surface area contributed by atoms with Gasteiger partial charge in [0.2, 0.25) is 0 Å². The van der Waals surface area contributed by atoms with Gasteiger partial charge >= 0.3 is 0 Å². The summed E-state index contributed by atoms with van der Waals surface area (Å²) in [6, 6.07) is 0. The van der Waals surface area contributed by atoms with E-state index >= 15 is 0 Å². The van der Waals surface area contributed by atoms with Gasteiger partial charge in [-0.25, -0.2) is 0 Å². The van der Waals surface area contributed by atoms with Crippen molar-refractivity contribution < 1.29 is 0 Å². The van der Waals surface area contributed by atoms with Crippen LogP contribution in [0.3, 0.4) is 0 Å². The van der Waals surface area contributed by atoms with Gasteiger partial charge in [-0.1, -0.05) is 160 Å². The first-order valence-corrected chi connectivity index (χ1v) is 15.7. The zero-order chi connectivity index (χ0) is 23.9. The molecule has 0 bridgehead atoms. The minimum atomic E-state index is 1.31. The first kappa shape index (κ1) is 32.5. The normalized spacial score (nSPS) is 11.9.